The predicted octanol–water partition coefficient (Wildman–Crippen LogP) is 3.71. The van der Waals surface area contributed by atoms with Gasteiger partial charge in [-0.05, 0) is 48.7 Å². The lowest BCUT2D eigenvalue weighted by Gasteiger charge is -2.07. The van der Waals surface area contributed by atoms with Gasteiger partial charge in [0.1, 0.15) is 11.6 Å². The van der Waals surface area contributed by atoms with E-state index in [4.69, 9.17) is 4.74 Å². The number of rotatable bonds is 5. The Hall–Kier alpha value is -2.36. The summed E-state index contributed by atoms with van der Waals surface area (Å²) in [7, 11) is 1.61. The van der Waals surface area contributed by atoms with Crippen LogP contribution in [0.15, 0.2) is 42.5 Å². The van der Waals surface area contributed by atoms with Crippen LogP contribution in [0.25, 0.3) is 0 Å². The number of methoxy groups -OCH3 is 1. The van der Waals surface area contributed by atoms with Gasteiger partial charge >= 0.3 is 0 Å². The SMILES string of the molecule is COc1ccc(CCC(=O)Nc2ccc(C)c(F)c2)cc1. The molecule has 3 nitrogen and oxygen atoms in total. The Morgan fingerprint density at radius 2 is 1.90 bits per heavy atom. The highest BCUT2D eigenvalue weighted by Gasteiger charge is 2.05. The monoisotopic (exact) mass is 287 g/mol. The molecule has 1 N–H and O–H groups in total. The summed E-state index contributed by atoms with van der Waals surface area (Å²) in [6, 6.07) is 12.3. The first-order valence-corrected chi connectivity index (χ1v) is 6.77. The molecule has 0 heterocycles. The average molecular weight is 287 g/mol. The molecule has 4 heteroatoms. The van der Waals surface area contributed by atoms with E-state index in [9.17, 15) is 9.18 Å². The van der Waals surface area contributed by atoms with Gasteiger partial charge in [-0.3, -0.25) is 4.79 Å². The predicted molar refractivity (Wildman–Crippen MR) is 81.1 cm³/mol. The number of halogens is 1. The van der Waals surface area contributed by atoms with Crippen LogP contribution in [0.2, 0.25) is 0 Å². The number of anilines is 1. The normalized spacial score (nSPS) is 10.2. The summed E-state index contributed by atoms with van der Waals surface area (Å²) in [5.74, 6) is 0.343. The van der Waals surface area contributed by atoms with E-state index in [1.54, 1.807) is 26.2 Å². The Balaban J connectivity index is 1.87. The van der Waals surface area contributed by atoms with Crippen molar-refractivity contribution in [2.24, 2.45) is 0 Å². The van der Waals surface area contributed by atoms with Crippen molar-refractivity contribution in [2.45, 2.75) is 19.8 Å². The third-order valence-corrected chi connectivity index (χ3v) is 3.26. The van der Waals surface area contributed by atoms with Gasteiger partial charge in [0, 0.05) is 12.1 Å². The third kappa shape index (κ3) is 4.31. The maximum Gasteiger partial charge on any atom is 0.224 e. The molecular formula is C17H18FNO2. The first-order valence-electron chi connectivity index (χ1n) is 6.77. The summed E-state index contributed by atoms with van der Waals surface area (Å²) in [4.78, 5) is 11.8. The lowest BCUT2D eigenvalue weighted by atomic mass is 10.1. The Morgan fingerprint density at radius 3 is 2.52 bits per heavy atom. The fourth-order valence-electron chi connectivity index (χ4n) is 1.94. The summed E-state index contributed by atoms with van der Waals surface area (Å²) >= 11 is 0. The Kier molecular flexibility index (Phi) is 4.93. The van der Waals surface area contributed by atoms with E-state index in [0.29, 0.717) is 24.1 Å². The largest absolute Gasteiger partial charge is 0.497 e. The van der Waals surface area contributed by atoms with Crippen molar-refractivity contribution in [1.29, 1.82) is 0 Å². The molecule has 0 unspecified atom stereocenters. The topological polar surface area (TPSA) is 38.3 Å². The molecule has 0 saturated carbocycles. The highest BCUT2D eigenvalue weighted by molar-refractivity contribution is 5.90. The zero-order chi connectivity index (χ0) is 15.2. The molecule has 110 valence electrons. The standard InChI is InChI=1S/C17H18FNO2/c1-12-3-7-14(11-16(12)18)19-17(20)10-6-13-4-8-15(21-2)9-5-13/h3-5,7-9,11H,6,10H2,1-2H3,(H,19,20). The minimum absolute atomic E-state index is 0.130. The van der Waals surface area contributed by atoms with E-state index in [-0.39, 0.29) is 11.7 Å². The van der Waals surface area contributed by atoms with Crippen molar-refractivity contribution in [3.05, 3.63) is 59.4 Å². The molecular weight excluding hydrogens is 269 g/mol. The molecule has 0 aliphatic rings. The van der Waals surface area contributed by atoms with E-state index >= 15 is 0 Å². The molecule has 0 aromatic heterocycles. The van der Waals surface area contributed by atoms with Crippen molar-refractivity contribution in [3.8, 4) is 5.75 Å². The molecule has 2 aromatic rings. The van der Waals surface area contributed by atoms with Crippen molar-refractivity contribution in [1.82, 2.24) is 0 Å². The Bertz CT molecular complexity index is 623. The van der Waals surface area contributed by atoms with Crippen LogP contribution in [0.5, 0.6) is 5.75 Å². The van der Waals surface area contributed by atoms with Gasteiger partial charge in [-0.2, -0.15) is 0 Å². The number of ether oxygens (including phenoxy) is 1. The van der Waals surface area contributed by atoms with Crippen molar-refractivity contribution < 1.29 is 13.9 Å². The van der Waals surface area contributed by atoms with Gasteiger partial charge in [0.15, 0.2) is 0 Å². The summed E-state index contributed by atoms with van der Waals surface area (Å²) in [5, 5.41) is 2.70. The van der Waals surface area contributed by atoms with Crippen LogP contribution >= 0.6 is 0 Å². The van der Waals surface area contributed by atoms with Gasteiger partial charge < -0.3 is 10.1 Å². The van der Waals surface area contributed by atoms with Crippen LogP contribution in [0.3, 0.4) is 0 Å². The molecule has 0 saturated heterocycles. The number of hydrogen-bond acceptors (Lipinski definition) is 2. The Labute approximate surface area is 123 Å². The van der Waals surface area contributed by atoms with Crippen molar-refractivity contribution in [2.75, 3.05) is 12.4 Å². The van der Waals surface area contributed by atoms with Crippen LogP contribution in [0.4, 0.5) is 10.1 Å². The first kappa shape index (κ1) is 15.0. The number of aryl methyl sites for hydroxylation is 2. The van der Waals surface area contributed by atoms with Crippen molar-refractivity contribution in [3.63, 3.8) is 0 Å². The summed E-state index contributed by atoms with van der Waals surface area (Å²) in [5.41, 5.74) is 2.10. The van der Waals surface area contributed by atoms with Crippen LogP contribution < -0.4 is 10.1 Å². The van der Waals surface area contributed by atoms with Gasteiger partial charge in [-0.1, -0.05) is 18.2 Å². The summed E-state index contributed by atoms with van der Waals surface area (Å²) in [6.45, 7) is 1.69. The van der Waals surface area contributed by atoms with Crippen LogP contribution in [-0.4, -0.2) is 13.0 Å². The zero-order valence-corrected chi connectivity index (χ0v) is 12.2. The van der Waals surface area contributed by atoms with Gasteiger partial charge in [0.25, 0.3) is 0 Å². The maximum absolute atomic E-state index is 13.4. The molecule has 0 radical (unpaired) electrons. The second-order valence-corrected chi connectivity index (χ2v) is 4.86. The second kappa shape index (κ2) is 6.88. The van der Waals surface area contributed by atoms with Crippen LogP contribution in [-0.2, 0) is 11.2 Å². The molecule has 0 atom stereocenters. The molecule has 0 spiro atoms. The number of amides is 1. The van der Waals surface area contributed by atoms with Gasteiger partial charge in [0.2, 0.25) is 5.91 Å². The fraction of sp³-hybridized carbons (Fsp3) is 0.235. The van der Waals surface area contributed by atoms with E-state index in [1.165, 1.54) is 6.07 Å². The number of carbonyl (C=O) groups is 1. The lowest BCUT2D eigenvalue weighted by Crippen LogP contribution is -2.12. The highest BCUT2D eigenvalue weighted by Crippen LogP contribution is 2.15. The Morgan fingerprint density at radius 1 is 1.19 bits per heavy atom. The average Bonchev–Trinajstić information content (AvgIpc) is 2.49. The smallest absolute Gasteiger partial charge is 0.224 e. The molecule has 0 fully saturated rings. The number of carbonyl (C=O) groups excluding carboxylic acids is 1. The van der Waals surface area contributed by atoms with E-state index < -0.39 is 0 Å². The number of nitrogens with one attached hydrogen (secondary N) is 1. The lowest BCUT2D eigenvalue weighted by molar-refractivity contribution is -0.116. The summed E-state index contributed by atoms with van der Waals surface area (Å²) < 4.78 is 18.5. The number of benzene rings is 2. The van der Waals surface area contributed by atoms with Gasteiger partial charge in [-0.15, -0.1) is 0 Å². The number of hydrogen-bond donors (Lipinski definition) is 1. The molecule has 0 bridgehead atoms. The third-order valence-electron chi connectivity index (χ3n) is 3.26. The van der Waals surface area contributed by atoms with Crippen LogP contribution in [0.1, 0.15) is 17.5 Å². The van der Waals surface area contributed by atoms with E-state index in [1.807, 2.05) is 24.3 Å². The van der Waals surface area contributed by atoms with Crippen LogP contribution in [0, 0.1) is 12.7 Å². The first-order chi connectivity index (χ1) is 10.1. The zero-order valence-electron chi connectivity index (χ0n) is 12.2. The van der Waals surface area contributed by atoms with E-state index in [0.717, 1.165) is 11.3 Å². The molecule has 2 aromatic carbocycles. The minimum atomic E-state index is -0.317. The summed E-state index contributed by atoms with van der Waals surface area (Å²) in [6.07, 6.45) is 0.978. The molecule has 21 heavy (non-hydrogen) atoms. The second-order valence-electron chi connectivity index (χ2n) is 4.86. The molecule has 2 rings (SSSR count). The molecule has 0 aliphatic heterocycles. The minimum Gasteiger partial charge on any atom is -0.497 e. The molecule has 0 aliphatic carbocycles. The fourth-order valence-corrected chi connectivity index (χ4v) is 1.94. The van der Waals surface area contributed by atoms with Gasteiger partial charge in [0.05, 0.1) is 7.11 Å². The molecule has 1 amide bonds. The highest BCUT2D eigenvalue weighted by atomic mass is 19.1. The quantitative estimate of drug-likeness (QED) is 0.910. The van der Waals surface area contributed by atoms with Gasteiger partial charge in [-0.25, -0.2) is 4.39 Å². The maximum atomic E-state index is 13.4. The van der Waals surface area contributed by atoms with Crippen molar-refractivity contribution >= 4 is 11.6 Å². The van der Waals surface area contributed by atoms with E-state index in [2.05, 4.69) is 5.32 Å².